The maximum Gasteiger partial charge on any atom is 0.112 e. The normalized spacial score (nSPS) is 21.6. The Balaban J connectivity index is 1.69. The summed E-state index contributed by atoms with van der Waals surface area (Å²) in [5.74, 6) is 0. The van der Waals surface area contributed by atoms with Crippen LogP contribution in [-0.4, -0.2) is 33.2 Å². The van der Waals surface area contributed by atoms with Gasteiger partial charge in [0.25, 0.3) is 0 Å². The molecule has 4 rings (SSSR count). The highest BCUT2D eigenvalue weighted by Crippen LogP contribution is 2.32. The molecule has 1 aromatic heterocycles. The standard InChI is InChI=1S/C16H18N4/c1-18-10-13-4-2-3-5-15(13)16(11-18)19-9-7-14-6-8-17-20(14)12-19/h2-9,16H,10-12H2,1H3. The van der Waals surface area contributed by atoms with Crippen LogP contribution in [0.25, 0.3) is 6.08 Å². The Hall–Kier alpha value is -2.07. The van der Waals surface area contributed by atoms with Gasteiger partial charge in [-0.05, 0) is 30.3 Å². The third kappa shape index (κ3) is 1.84. The molecule has 0 saturated heterocycles. The van der Waals surface area contributed by atoms with Gasteiger partial charge in [0, 0.05) is 25.5 Å². The average Bonchev–Trinajstić information content (AvgIpc) is 2.93. The summed E-state index contributed by atoms with van der Waals surface area (Å²) in [6.45, 7) is 2.92. The Labute approximate surface area is 118 Å². The Morgan fingerprint density at radius 1 is 1.20 bits per heavy atom. The van der Waals surface area contributed by atoms with Crippen molar-refractivity contribution in [1.29, 1.82) is 0 Å². The van der Waals surface area contributed by atoms with E-state index in [9.17, 15) is 0 Å². The number of aromatic nitrogens is 2. The van der Waals surface area contributed by atoms with Gasteiger partial charge in [-0.2, -0.15) is 5.10 Å². The number of rotatable bonds is 1. The number of nitrogens with zero attached hydrogens (tertiary/aromatic N) is 4. The van der Waals surface area contributed by atoms with Crippen LogP contribution < -0.4 is 0 Å². The Kier molecular flexibility index (Phi) is 2.63. The third-order valence-electron chi connectivity index (χ3n) is 4.22. The summed E-state index contributed by atoms with van der Waals surface area (Å²) in [5, 5.41) is 4.39. The fraction of sp³-hybridized carbons (Fsp3) is 0.312. The lowest BCUT2D eigenvalue weighted by molar-refractivity contribution is 0.144. The molecule has 1 aromatic carbocycles. The van der Waals surface area contributed by atoms with E-state index >= 15 is 0 Å². The minimum Gasteiger partial charge on any atom is -0.350 e. The number of benzene rings is 1. The minimum absolute atomic E-state index is 0.401. The van der Waals surface area contributed by atoms with Crippen molar-refractivity contribution in [1.82, 2.24) is 19.6 Å². The second-order valence-corrected chi connectivity index (χ2v) is 5.64. The second-order valence-electron chi connectivity index (χ2n) is 5.64. The lowest BCUT2D eigenvalue weighted by Crippen LogP contribution is -2.40. The van der Waals surface area contributed by atoms with Crippen LogP contribution in [0.15, 0.2) is 42.7 Å². The molecule has 2 aliphatic rings. The zero-order valence-corrected chi connectivity index (χ0v) is 11.6. The largest absolute Gasteiger partial charge is 0.350 e. The first-order chi connectivity index (χ1) is 9.81. The SMILES string of the molecule is CN1Cc2ccccc2C(N2C=Cc3ccnn3C2)C1. The molecule has 0 radical (unpaired) electrons. The van der Waals surface area contributed by atoms with Crippen LogP contribution in [0.2, 0.25) is 0 Å². The molecule has 0 spiro atoms. The summed E-state index contributed by atoms with van der Waals surface area (Å²) in [4.78, 5) is 4.77. The van der Waals surface area contributed by atoms with Gasteiger partial charge in [-0.15, -0.1) is 0 Å². The molecule has 1 unspecified atom stereocenters. The van der Waals surface area contributed by atoms with Crippen LogP contribution >= 0.6 is 0 Å². The van der Waals surface area contributed by atoms with Crippen molar-refractivity contribution in [2.24, 2.45) is 0 Å². The summed E-state index contributed by atoms with van der Waals surface area (Å²) in [6, 6.07) is 11.2. The molecule has 20 heavy (non-hydrogen) atoms. The Morgan fingerprint density at radius 3 is 3.05 bits per heavy atom. The average molecular weight is 266 g/mol. The summed E-state index contributed by atoms with van der Waals surface area (Å²) < 4.78 is 2.05. The van der Waals surface area contributed by atoms with E-state index in [0.29, 0.717) is 6.04 Å². The van der Waals surface area contributed by atoms with E-state index in [0.717, 1.165) is 19.8 Å². The van der Waals surface area contributed by atoms with E-state index in [1.165, 1.54) is 16.8 Å². The lowest BCUT2D eigenvalue weighted by Gasteiger charge is -2.40. The molecule has 0 bridgehead atoms. The zero-order chi connectivity index (χ0) is 13.5. The molecular formula is C16H18N4. The first kappa shape index (κ1) is 11.7. The van der Waals surface area contributed by atoms with Gasteiger partial charge in [0.1, 0.15) is 6.67 Å². The molecule has 0 aliphatic carbocycles. The van der Waals surface area contributed by atoms with Crippen LogP contribution in [0.3, 0.4) is 0 Å². The van der Waals surface area contributed by atoms with Gasteiger partial charge >= 0.3 is 0 Å². The molecule has 1 atom stereocenters. The second kappa shape index (κ2) is 4.49. The first-order valence-electron chi connectivity index (χ1n) is 7.03. The van der Waals surface area contributed by atoms with E-state index < -0.39 is 0 Å². The maximum absolute atomic E-state index is 4.39. The quantitative estimate of drug-likeness (QED) is 0.791. The highest BCUT2D eigenvalue weighted by Gasteiger charge is 2.28. The van der Waals surface area contributed by atoms with Gasteiger partial charge in [0.05, 0.1) is 11.7 Å². The molecule has 2 aliphatic heterocycles. The molecule has 0 saturated carbocycles. The predicted octanol–water partition coefficient (Wildman–Crippen LogP) is 2.31. The van der Waals surface area contributed by atoms with E-state index in [1.807, 2.05) is 6.20 Å². The first-order valence-corrected chi connectivity index (χ1v) is 7.03. The van der Waals surface area contributed by atoms with Crippen LogP contribution in [0.1, 0.15) is 22.9 Å². The Bertz CT molecular complexity index is 658. The molecule has 2 aromatic rings. The molecule has 0 amide bonds. The zero-order valence-electron chi connectivity index (χ0n) is 11.6. The third-order valence-corrected chi connectivity index (χ3v) is 4.22. The molecule has 4 heteroatoms. The predicted molar refractivity (Wildman–Crippen MR) is 78.6 cm³/mol. The molecule has 4 nitrogen and oxygen atoms in total. The van der Waals surface area contributed by atoms with E-state index in [4.69, 9.17) is 0 Å². The fourth-order valence-corrected chi connectivity index (χ4v) is 3.21. The van der Waals surface area contributed by atoms with Crippen LogP contribution in [-0.2, 0) is 13.2 Å². The van der Waals surface area contributed by atoms with Crippen molar-refractivity contribution in [3.05, 3.63) is 59.5 Å². The molecule has 102 valence electrons. The van der Waals surface area contributed by atoms with Crippen molar-refractivity contribution in [2.75, 3.05) is 13.6 Å². The number of hydrogen-bond acceptors (Lipinski definition) is 3. The van der Waals surface area contributed by atoms with Gasteiger partial charge in [-0.25, -0.2) is 4.68 Å². The highest BCUT2D eigenvalue weighted by atomic mass is 15.4. The van der Waals surface area contributed by atoms with Crippen LogP contribution in [0, 0.1) is 0 Å². The van der Waals surface area contributed by atoms with E-state index in [2.05, 4.69) is 69.2 Å². The minimum atomic E-state index is 0.401. The fourth-order valence-electron chi connectivity index (χ4n) is 3.21. The maximum atomic E-state index is 4.39. The van der Waals surface area contributed by atoms with Gasteiger partial charge in [0.15, 0.2) is 0 Å². The number of fused-ring (bicyclic) bond motifs is 2. The molecular weight excluding hydrogens is 248 g/mol. The molecule has 0 N–H and O–H groups in total. The van der Waals surface area contributed by atoms with Crippen molar-refractivity contribution in [2.45, 2.75) is 19.3 Å². The summed E-state index contributed by atoms with van der Waals surface area (Å²) in [7, 11) is 2.19. The van der Waals surface area contributed by atoms with E-state index in [1.54, 1.807) is 0 Å². The summed E-state index contributed by atoms with van der Waals surface area (Å²) in [5.41, 5.74) is 4.07. The highest BCUT2D eigenvalue weighted by molar-refractivity contribution is 5.46. The van der Waals surface area contributed by atoms with Crippen molar-refractivity contribution in [3.8, 4) is 0 Å². The van der Waals surface area contributed by atoms with Crippen molar-refractivity contribution >= 4 is 6.08 Å². The van der Waals surface area contributed by atoms with Gasteiger partial charge < -0.3 is 4.90 Å². The van der Waals surface area contributed by atoms with Gasteiger partial charge in [0.2, 0.25) is 0 Å². The smallest absolute Gasteiger partial charge is 0.112 e. The van der Waals surface area contributed by atoms with Crippen molar-refractivity contribution in [3.63, 3.8) is 0 Å². The number of hydrogen-bond donors (Lipinski definition) is 0. The summed E-state index contributed by atoms with van der Waals surface area (Å²) >= 11 is 0. The van der Waals surface area contributed by atoms with Crippen LogP contribution in [0.5, 0.6) is 0 Å². The number of likely N-dealkylation sites (N-methyl/N-ethyl adjacent to an activating group) is 1. The Morgan fingerprint density at radius 2 is 2.10 bits per heavy atom. The van der Waals surface area contributed by atoms with Gasteiger partial charge in [-0.3, -0.25) is 4.90 Å². The molecule has 0 fully saturated rings. The van der Waals surface area contributed by atoms with Crippen molar-refractivity contribution < 1.29 is 0 Å². The monoisotopic (exact) mass is 266 g/mol. The summed E-state index contributed by atoms with van der Waals surface area (Å²) in [6.07, 6.45) is 6.22. The molecule has 3 heterocycles. The van der Waals surface area contributed by atoms with Crippen LogP contribution in [0.4, 0.5) is 0 Å². The topological polar surface area (TPSA) is 24.3 Å². The van der Waals surface area contributed by atoms with E-state index in [-0.39, 0.29) is 0 Å². The van der Waals surface area contributed by atoms with Gasteiger partial charge in [-0.1, -0.05) is 24.3 Å². The lowest BCUT2D eigenvalue weighted by atomic mass is 9.95.